The van der Waals surface area contributed by atoms with Gasteiger partial charge >= 0.3 is 5.69 Å². The van der Waals surface area contributed by atoms with Gasteiger partial charge in [-0.3, -0.25) is 30.7 Å². The molecule has 0 bridgehead atoms. The van der Waals surface area contributed by atoms with Crippen molar-refractivity contribution in [1.29, 1.82) is 0 Å². The lowest BCUT2D eigenvalue weighted by Crippen LogP contribution is -2.30. The standard InChI is InChI=1S/C16H12BrN7O3/c17-11-1-3-12(4-2-11)21-14-13(24(26)27)15(20-9-19-14)22-23-16(25)10-5-7-18-8-6-10/h1-9H,(H,23,25)(H2,19,20,21,22). The smallest absolute Gasteiger partial charge is 0.334 e. The van der Waals surface area contributed by atoms with E-state index in [1.807, 2.05) is 0 Å². The summed E-state index contributed by atoms with van der Waals surface area (Å²) in [6.07, 6.45) is 4.07. The van der Waals surface area contributed by atoms with E-state index < -0.39 is 16.5 Å². The summed E-state index contributed by atoms with van der Waals surface area (Å²) in [6.45, 7) is 0. The number of rotatable bonds is 6. The molecule has 0 atom stereocenters. The number of hydrogen-bond acceptors (Lipinski definition) is 8. The number of hydrazine groups is 1. The third-order valence-corrected chi connectivity index (χ3v) is 3.88. The highest BCUT2D eigenvalue weighted by atomic mass is 79.9. The molecule has 3 rings (SSSR count). The molecule has 3 N–H and O–H groups in total. The molecule has 3 aromatic rings. The van der Waals surface area contributed by atoms with Gasteiger partial charge in [0.15, 0.2) is 0 Å². The zero-order valence-corrected chi connectivity index (χ0v) is 15.2. The van der Waals surface area contributed by atoms with Crippen LogP contribution in [0.4, 0.5) is 23.0 Å². The van der Waals surface area contributed by atoms with Crippen molar-refractivity contribution in [2.45, 2.75) is 0 Å². The van der Waals surface area contributed by atoms with Gasteiger partial charge in [0.1, 0.15) is 6.33 Å². The van der Waals surface area contributed by atoms with Gasteiger partial charge in [-0.2, -0.15) is 0 Å². The highest BCUT2D eigenvalue weighted by molar-refractivity contribution is 9.10. The summed E-state index contributed by atoms with van der Waals surface area (Å²) in [5.74, 6) is -0.664. The summed E-state index contributed by atoms with van der Waals surface area (Å²) >= 11 is 3.32. The summed E-state index contributed by atoms with van der Waals surface area (Å²) in [7, 11) is 0. The van der Waals surface area contributed by atoms with Crippen molar-refractivity contribution in [3.8, 4) is 0 Å². The average molecular weight is 430 g/mol. The van der Waals surface area contributed by atoms with Gasteiger partial charge in [0.05, 0.1) is 4.92 Å². The average Bonchev–Trinajstić information content (AvgIpc) is 2.68. The number of pyridine rings is 1. The van der Waals surface area contributed by atoms with Gasteiger partial charge in [0.25, 0.3) is 5.91 Å². The van der Waals surface area contributed by atoms with Crippen LogP contribution in [-0.2, 0) is 0 Å². The Kier molecular flexibility index (Phi) is 5.52. The van der Waals surface area contributed by atoms with E-state index in [1.165, 1.54) is 24.5 Å². The number of anilines is 3. The highest BCUT2D eigenvalue weighted by Gasteiger charge is 2.23. The summed E-state index contributed by atoms with van der Waals surface area (Å²) in [5, 5.41) is 14.4. The second-order valence-electron chi connectivity index (χ2n) is 5.12. The number of nitrogens with one attached hydrogen (secondary N) is 3. The van der Waals surface area contributed by atoms with Crippen LogP contribution >= 0.6 is 15.9 Å². The number of benzene rings is 1. The molecule has 27 heavy (non-hydrogen) atoms. The Labute approximate surface area is 161 Å². The van der Waals surface area contributed by atoms with E-state index >= 15 is 0 Å². The predicted octanol–water partition coefficient (Wildman–Crippen LogP) is 3.04. The molecule has 2 heterocycles. The van der Waals surface area contributed by atoms with Crippen LogP contribution < -0.4 is 16.2 Å². The van der Waals surface area contributed by atoms with Crippen molar-refractivity contribution in [2.24, 2.45) is 0 Å². The zero-order valence-electron chi connectivity index (χ0n) is 13.6. The molecule has 10 nitrogen and oxygen atoms in total. The van der Waals surface area contributed by atoms with Crippen molar-refractivity contribution in [3.05, 3.63) is 75.3 Å². The maximum absolute atomic E-state index is 12.1. The van der Waals surface area contributed by atoms with Crippen molar-refractivity contribution in [3.63, 3.8) is 0 Å². The molecule has 0 unspecified atom stereocenters. The number of nitro groups is 1. The van der Waals surface area contributed by atoms with Crippen LogP contribution in [0.3, 0.4) is 0 Å². The number of carbonyl (C=O) groups excluding carboxylic acids is 1. The summed E-state index contributed by atoms with van der Waals surface area (Å²) in [6, 6.07) is 10.0. The largest absolute Gasteiger partial charge is 0.355 e. The van der Waals surface area contributed by atoms with Crippen LogP contribution in [0, 0.1) is 10.1 Å². The first-order chi connectivity index (χ1) is 13.0. The van der Waals surface area contributed by atoms with E-state index in [4.69, 9.17) is 0 Å². The van der Waals surface area contributed by atoms with Gasteiger partial charge in [-0.1, -0.05) is 15.9 Å². The van der Waals surface area contributed by atoms with Crippen molar-refractivity contribution < 1.29 is 9.72 Å². The Morgan fingerprint density at radius 2 is 1.70 bits per heavy atom. The molecule has 1 amide bonds. The first-order valence-electron chi connectivity index (χ1n) is 7.53. The SMILES string of the molecule is O=C(NNc1ncnc(Nc2ccc(Br)cc2)c1[N+](=O)[O-])c1ccncc1. The minimum Gasteiger partial charge on any atom is -0.334 e. The highest BCUT2D eigenvalue weighted by Crippen LogP contribution is 2.31. The van der Waals surface area contributed by atoms with Gasteiger partial charge in [-0.15, -0.1) is 0 Å². The van der Waals surface area contributed by atoms with Crippen molar-refractivity contribution in [2.75, 3.05) is 10.7 Å². The molecular formula is C16H12BrN7O3. The third-order valence-electron chi connectivity index (χ3n) is 3.35. The minimum atomic E-state index is -0.637. The summed E-state index contributed by atoms with van der Waals surface area (Å²) < 4.78 is 0.867. The molecule has 0 saturated heterocycles. The molecular weight excluding hydrogens is 418 g/mol. The Balaban J connectivity index is 1.82. The lowest BCUT2D eigenvalue weighted by atomic mass is 10.3. The molecule has 0 aliphatic rings. The first-order valence-corrected chi connectivity index (χ1v) is 8.32. The number of hydrogen-bond donors (Lipinski definition) is 3. The normalized spacial score (nSPS) is 10.1. The fraction of sp³-hybridized carbons (Fsp3) is 0. The zero-order chi connectivity index (χ0) is 19.2. The monoisotopic (exact) mass is 429 g/mol. The number of amides is 1. The Morgan fingerprint density at radius 1 is 1.04 bits per heavy atom. The van der Waals surface area contributed by atoms with Gasteiger partial charge < -0.3 is 5.32 Å². The minimum absolute atomic E-state index is 0.0158. The number of carbonyl (C=O) groups is 1. The van der Waals surface area contributed by atoms with Crippen LogP contribution in [0.5, 0.6) is 0 Å². The molecule has 0 aliphatic heterocycles. The maximum Gasteiger partial charge on any atom is 0.355 e. The second-order valence-corrected chi connectivity index (χ2v) is 6.04. The molecule has 0 fully saturated rings. The Morgan fingerprint density at radius 3 is 2.37 bits per heavy atom. The molecule has 0 radical (unpaired) electrons. The van der Waals surface area contributed by atoms with E-state index in [1.54, 1.807) is 24.3 Å². The fourth-order valence-electron chi connectivity index (χ4n) is 2.10. The number of halogens is 1. The fourth-order valence-corrected chi connectivity index (χ4v) is 2.36. The molecule has 0 aliphatic carbocycles. The Hall–Kier alpha value is -3.60. The van der Waals surface area contributed by atoms with E-state index in [2.05, 4.69) is 47.1 Å². The van der Waals surface area contributed by atoms with Crippen LogP contribution in [0.2, 0.25) is 0 Å². The van der Waals surface area contributed by atoms with Crippen molar-refractivity contribution >= 4 is 44.8 Å². The maximum atomic E-state index is 12.1. The predicted molar refractivity (Wildman–Crippen MR) is 101 cm³/mol. The lowest BCUT2D eigenvalue weighted by molar-refractivity contribution is -0.383. The van der Waals surface area contributed by atoms with E-state index in [0.29, 0.717) is 11.3 Å². The topological polar surface area (TPSA) is 135 Å². The van der Waals surface area contributed by atoms with Gasteiger partial charge in [-0.25, -0.2) is 9.97 Å². The summed E-state index contributed by atoms with van der Waals surface area (Å²) in [4.78, 5) is 34.5. The molecule has 11 heteroatoms. The van der Waals surface area contributed by atoms with Crippen LogP contribution in [-0.4, -0.2) is 25.8 Å². The summed E-state index contributed by atoms with van der Waals surface area (Å²) in [5.41, 5.74) is 5.36. The van der Waals surface area contributed by atoms with Gasteiger partial charge in [0, 0.05) is 28.1 Å². The number of nitrogens with zero attached hydrogens (tertiary/aromatic N) is 4. The van der Waals surface area contributed by atoms with E-state index in [0.717, 1.165) is 10.8 Å². The number of aromatic nitrogens is 3. The van der Waals surface area contributed by atoms with Crippen molar-refractivity contribution in [1.82, 2.24) is 20.4 Å². The first kappa shape index (κ1) is 18.2. The molecule has 2 aromatic heterocycles. The quantitative estimate of drug-likeness (QED) is 0.401. The van der Waals surface area contributed by atoms with Gasteiger partial charge in [-0.05, 0) is 36.4 Å². The van der Waals surface area contributed by atoms with Crippen LogP contribution in [0.25, 0.3) is 0 Å². The van der Waals surface area contributed by atoms with Crippen LogP contribution in [0.15, 0.2) is 59.6 Å². The third kappa shape index (κ3) is 4.52. The Bertz CT molecular complexity index is 968. The molecule has 0 spiro atoms. The van der Waals surface area contributed by atoms with E-state index in [9.17, 15) is 14.9 Å². The second kappa shape index (κ2) is 8.19. The van der Waals surface area contributed by atoms with Gasteiger partial charge in [0.2, 0.25) is 11.6 Å². The molecule has 0 saturated carbocycles. The lowest BCUT2D eigenvalue weighted by Gasteiger charge is -2.11. The van der Waals surface area contributed by atoms with E-state index in [-0.39, 0.29) is 11.6 Å². The molecule has 1 aromatic carbocycles. The molecule has 136 valence electrons. The van der Waals surface area contributed by atoms with Crippen LogP contribution in [0.1, 0.15) is 10.4 Å².